The van der Waals surface area contributed by atoms with Crippen LogP contribution in [0, 0.1) is 0 Å². The quantitative estimate of drug-likeness (QED) is 0.659. The number of urea groups is 1. The largest absolute Gasteiger partial charge is 0.335 e. The molecule has 1 atom stereocenters. The number of pyridine rings is 1. The molecule has 2 N–H and O–H groups in total. The van der Waals surface area contributed by atoms with Crippen LogP contribution in [0.4, 0.5) is 10.5 Å². The van der Waals surface area contributed by atoms with Crippen LogP contribution in [0.5, 0.6) is 0 Å². The van der Waals surface area contributed by atoms with E-state index in [1.165, 1.54) is 11.1 Å². The summed E-state index contributed by atoms with van der Waals surface area (Å²) in [6, 6.07) is 18.2. The topological polar surface area (TPSA) is 91.4 Å². The molecule has 1 aliphatic rings. The van der Waals surface area contributed by atoms with Crippen molar-refractivity contribution in [2.24, 2.45) is 0 Å². The first-order valence-corrected chi connectivity index (χ1v) is 9.12. The predicted octanol–water partition coefficient (Wildman–Crippen LogP) is 3.24. The van der Waals surface area contributed by atoms with Gasteiger partial charge in [0.15, 0.2) is 0 Å². The average molecular weight is 386 g/mol. The van der Waals surface area contributed by atoms with Gasteiger partial charge in [-0.25, -0.2) is 4.79 Å². The molecule has 7 nitrogen and oxygen atoms in total. The lowest BCUT2D eigenvalue weighted by molar-refractivity contribution is 0.0582. The number of carbonyl (C=O) groups is 3. The predicted molar refractivity (Wildman–Crippen MR) is 107 cm³/mol. The van der Waals surface area contributed by atoms with Crippen LogP contribution in [0.25, 0.3) is 0 Å². The Balaban J connectivity index is 1.56. The van der Waals surface area contributed by atoms with Gasteiger partial charge in [0.2, 0.25) is 0 Å². The van der Waals surface area contributed by atoms with E-state index in [2.05, 4.69) is 15.6 Å². The smallest absolute Gasteiger partial charge is 0.319 e. The number of carbonyl (C=O) groups excluding carboxylic acids is 3. The standard InChI is InChI=1S/C22H18N4O3/c27-20-17-10-4-5-11-18(17)21(28)26(20)19(15-7-2-1-3-8-15)14-24-22(29)25-16-9-6-12-23-13-16/h1-13,19H,14H2,(H2,24,25,29). The Morgan fingerprint density at radius 2 is 1.55 bits per heavy atom. The summed E-state index contributed by atoms with van der Waals surface area (Å²) >= 11 is 0. The Morgan fingerprint density at radius 1 is 0.897 bits per heavy atom. The van der Waals surface area contributed by atoms with Gasteiger partial charge in [0.1, 0.15) is 0 Å². The van der Waals surface area contributed by atoms with Crippen molar-refractivity contribution < 1.29 is 14.4 Å². The van der Waals surface area contributed by atoms with Crippen LogP contribution in [-0.4, -0.2) is 34.3 Å². The van der Waals surface area contributed by atoms with Crippen molar-refractivity contribution in [3.05, 3.63) is 95.8 Å². The molecule has 0 bridgehead atoms. The molecule has 1 aliphatic heterocycles. The number of benzene rings is 2. The number of hydrogen-bond acceptors (Lipinski definition) is 4. The van der Waals surface area contributed by atoms with Crippen LogP contribution in [0.15, 0.2) is 79.1 Å². The van der Waals surface area contributed by atoms with Crippen LogP contribution in [0.1, 0.15) is 32.3 Å². The van der Waals surface area contributed by atoms with Gasteiger partial charge in [-0.3, -0.25) is 19.5 Å². The first-order chi connectivity index (χ1) is 14.1. The molecule has 0 fully saturated rings. The number of hydrogen-bond donors (Lipinski definition) is 2. The molecular weight excluding hydrogens is 368 g/mol. The normalized spacial score (nSPS) is 13.7. The van der Waals surface area contributed by atoms with Gasteiger partial charge in [-0.1, -0.05) is 42.5 Å². The van der Waals surface area contributed by atoms with Crippen LogP contribution in [0.2, 0.25) is 0 Å². The summed E-state index contributed by atoms with van der Waals surface area (Å²) in [5, 5.41) is 5.43. The number of imide groups is 1. The number of nitrogens with one attached hydrogen (secondary N) is 2. The molecule has 3 aromatic rings. The monoisotopic (exact) mass is 386 g/mol. The van der Waals surface area contributed by atoms with Crippen molar-refractivity contribution in [2.45, 2.75) is 6.04 Å². The maximum atomic E-state index is 12.9. The third-order valence-corrected chi connectivity index (χ3v) is 4.70. The van der Waals surface area contributed by atoms with Crippen molar-refractivity contribution in [3.8, 4) is 0 Å². The Bertz CT molecular complexity index is 1020. The van der Waals surface area contributed by atoms with Crippen molar-refractivity contribution >= 4 is 23.5 Å². The number of nitrogens with zero attached hydrogens (tertiary/aromatic N) is 2. The molecule has 2 heterocycles. The zero-order chi connectivity index (χ0) is 20.2. The Kier molecular flexibility index (Phi) is 5.03. The molecule has 29 heavy (non-hydrogen) atoms. The first-order valence-electron chi connectivity index (χ1n) is 9.12. The molecule has 0 saturated heterocycles. The van der Waals surface area contributed by atoms with E-state index in [4.69, 9.17) is 0 Å². The van der Waals surface area contributed by atoms with Gasteiger partial charge in [0.05, 0.1) is 29.1 Å². The summed E-state index contributed by atoms with van der Waals surface area (Å²) in [6.45, 7) is 0.0710. The highest BCUT2D eigenvalue weighted by molar-refractivity contribution is 6.21. The lowest BCUT2D eigenvalue weighted by atomic mass is 10.1. The summed E-state index contributed by atoms with van der Waals surface area (Å²) in [5.41, 5.74) is 2.04. The molecule has 4 rings (SSSR count). The van der Waals surface area contributed by atoms with Gasteiger partial charge < -0.3 is 10.6 Å². The number of amides is 4. The highest BCUT2D eigenvalue weighted by atomic mass is 16.2. The molecule has 7 heteroatoms. The Hall–Kier alpha value is -4.00. The van der Waals surface area contributed by atoms with Crippen molar-refractivity contribution in [1.29, 1.82) is 0 Å². The highest BCUT2D eigenvalue weighted by Crippen LogP contribution is 2.31. The van der Waals surface area contributed by atoms with Gasteiger partial charge in [0, 0.05) is 12.7 Å². The van der Waals surface area contributed by atoms with Crippen LogP contribution >= 0.6 is 0 Å². The summed E-state index contributed by atoms with van der Waals surface area (Å²) in [4.78, 5) is 43.3. The minimum Gasteiger partial charge on any atom is -0.335 e. The van der Waals surface area contributed by atoms with E-state index in [0.717, 1.165) is 5.56 Å². The molecular formula is C22H18N4O3. The third kappa shape index (κ3) is 3.70. The molecule has 144 valence electrons. The molecule has 1 aromatic heterocycles. The third-order valence-electron chi connectivity index (χ3n) is 4.70. The fourth-order valence-corrected chi connectivity index (χ4v) is 3.33. The molecule has 0 spiro atoms. The maximum Gasteiger partial charge on any atom is 0.319 e. The second-order valence-corrected chi connectivity index (χ2v) is 6.53. The first kappa shape index (κ1) is 18.4. The lowest BCUT2D eigenvalue weighted by Crippen LogP contribution is -2.42. The van der Waals surface area contributed by atoms with Gasteiger partial charge >= 0.3 is 6.03 Å². The lowest BCUT2D eigenvalue weighted by Gasteiger charge is -2.27. The SMILES string of the molecule is O=C(NCC(c1ccccc1)N1C(=O)c2ccccc2C1=O)Nc1cccnc1. The molecule has 4 amide bonds. The molecule has 0 radical (unpaired) electrons. The van der Waals surface area contributed by atoms with E-state index >= 15 is 0 Å². The molecule has 0 saturated carbocycles. The van der Waals surface area contributed by atoms with Gasteiger partial charge in [-0.15, -0.1) is 0 Å². The fourth-order valence-electron chi connectivity index (χ4n) is 3.33. The van der Waals surface area contributed by atoms with E-state index in [1.54, 1.807) is 42.6 Å². The Morgan fingerprint density at radius 3 is 2.17 bits per heavy atom. The number of anilines is 1. The van der Waals surface area contributed by atoms with Crippen LogP contribution in [-0.2, 0) is 0 Å². The molecule has 1 unspecified atom stereocenters. The molecule has 2 aromatic carbocycles. The minimum atomic E-state index is -0.636. The van der Waals surface area contributed by atoms with E-state index in [9.17, 15) is 14.4 Å². The molecule has 0 aliphatic carbocycles. The van der Waals surface area contributed by atoms with Crippen LogP contribution < -0.4 is 10.6 Å². The highest BCUT2D eigenvalue weighted by Gasteiger charge is 2.40. The average Bonchev–Trinajstić information content (AvgIpc) is 3.01. The Labute approximate surface area is 167 Å². The second-order valence-electron chi connectivity index (χ2n) is 6.53. The second kappa shape index (κ2) is 7.93. The van der Waals surface area contributed by atoms with E-state index in [1.807, 2.05) is 30.3 Å². The van der Waals surface area contributed by atoms with E-state index < -0.39 is 12.1 Å². The summed E-state index contributed by atoms with van der Waals surface area (Å²) < 4.78 is 0. The zero-order valence-corrected chi connectivity index (χ0v) is 15.4. The van der Waals surface area contributed by atoms with Crippen molar-refractivity contribution in [3.63, 3.8) is 0 Å². The van der Waals surface area contributed by atoms with Crippen molar-refractivity contribution in [2.75, 3.05) is 11.9 Å². The maximum absolute atomic E-state index is 12.9. The van der Waals surface area contributed by atoms with E-state index in [-0.39, 0.29) is 18.4 Å². The summed E-state index contributed by atoms with van der Waals surface area (Å²) in [5.74, 6) is -0.733. The minimum absolute atomic E-state index is 0.0710. The number of aromatic nitrogens is 1. The zero-order valence-electron chi connectivity index (χ0n) is 15.4. The number of fused-ring (bicyclic) bond motifs is 1. The summed E-state index contributed by atoms with van der Waals surface area (Å²) in [7, 11) is 0. The number of rotatable bonds is 5. The van der Waals surface area contributed by atoms with E-state index in [0.29, 0.717) is 16.8 Å². The van der Waals surface area contributed by atoms with Crippen LogP contribution in [0.3, 0.4) is 0 Å². The van der Waals surface area contributed by atoms with Gasteiger partial charge in [0.25, 0.3) is 11.8 Å². The van der Waals surface area contributed by atoms with Gasteiger partial charge in [-0.2, -0.15) is 0 Å². The fraction of sp³-hybridized carbons (Fsp3) is 0.0909. The van der Waals surface area contributed by atoms with Gasteiger partial charge in [-0.05, 0) is 29.8 Å². The summed E-state index contributed by atoms with van der Waals surface area (Å²) in [6.07, 6.45) is 3.13. The van der Waals surface area contributed by atoms with Crippen molar-refractivity contribution in [1.82, 2.24) is 15.2 Å².